The Balaban J connectivity index is 1.52. The second-order valence-corrected chi connectivity index (χ2v) is 12.1. The summed E-state index contributed by atoms with van der Waals surface area (Å²) in [4.78, 5) is 52.5. The van der Waals surface area contributed by atoms with Crippen LogP contribution >= 0.6 is 11.3 Å². The molecule has 0 N–H and O–H groups in total. The summed E-state index contributed by atoms with van der Waals surface area (Å²) >= 11 is 1.34. The lowest BCUT2D eigenvalue weighted by Gasteiger charge is -2.66. The SMILES string of the molecule is C=C1C(=O)C23CC[C@H]1CC2[C@]1(COC(C)=O)CCC[C@@](C)(COC(=O)c2cccs2)C1CC3=O. The summed E-state index contributed by atoms with van der Waals surface area (Å²) in [5.74, 6) is -1.00. The highest BCUT2D eigenvalue weighted by molar-refractivity contribution is 7.11. The van der Waals surface area contributed by atoms with Crippen LogP contribution in [0.5, 0.6) is 0 Å². The van der Waals surface area contributed by atoms with E-state index < -0.39 is 16.2 Å². The van der Waals surface area contributed by atoms with Crippen molar-refractivity contribution >= 4 is 34.8 Å². The Hall–Kier alpha value is -2.28. The van der Waals surface area contributed by atoms with Gasteiger partial charge in [0.2, 0.25) is 0 Å². The monoisotopic (exact) mass is 484 g/mol. The van der Waals surface area contributed by atoms with E-state index in [1.54, 1.807) is 6.07 Å². The predicted octanol–water partition coefficient (Wildman–Crippen LogP) is 4.78. The zero-order valence-electron chi connectivity index (χ0n) is 19.9. The summed E-state index contributed by atoms with van der Waals surface area (Å²) in [6, 6.07) is 3.56. The van der Waals surface area contributed by atoms with Crippen molar-refractivity contribution in [2.45, 2.75) is 58.8 Å². The van der Waals surface area contributed by atoms with E-state index in [9.17, 15) is 19.2 Å². The van der Waals surface area contributed by atoms with Gasteiger partial charge < -0.3 is 9.47 Å². The zero-order valence-corrected chi connectivity index (χ0v) is 20.7. The maximum absolute atomic E-state index is 13.8. The molecule has 1 aromatic heterocycles. The fourth-order valence-corrected chi connectivity index (χ4v) is 8.52. The van der Waals surface area contributed by atoms with Crippen LogP contribution in [0.4, 0.5) is 0 Å². The molecule has 0 aromatic carbocycles. The van der Waals surface area contributed by atoms with Crippen molar-refractivity contribution in [3.8, 4) is 0 Å². The molecule has 5 aliphatic carbocycles. The van der Waals surface area contributed by atoms with Crippen molar-refractivity contribution in [2.24, 2.45) is 34.0 Å². The van der Waals surface area contributed by atoms with Gasteiger partial charge in [0.25, 0.3) is 0 Å². The quantitative estimate of drug-likeness (QED) is 0.340. The lowest BCUT2D eigenvalue weighted by Crippen LogP contribution is -2.69. The van der Waals surface area contributed by atoms with E-state index in [2.05, 4.69) is 13.5 Å². The number of thiophene rings is 1. The van der Waals surface area contributed by atoms with Crippen LogP contribution in [0.25, 0.3) is 0 Å². The van der Waals surface area contributed by atoms with Gasteiger partial charge in [0.1, 0.15) is 10.7 Å². The standard InChI is InChI=1S/C27H32O6S/c1-16-18-7-10-27(23(16)30)21(12-18)26(15-32-17(2)28)9-5-8-25(3,20(26)13-22(27)29)14-33-24(31)19-6-4-11-34-19/h4,6,11,18,20-21H,1,5,7-10,12-15H2,2-3H3/t18-,20?,21?,25-,26-,27?/m0/s1. The summed E-state index contributed by atoms with van der Waals surface area (Å²) in [6.45, 7) is 7.96. The number of carbonyl (C=O) groups excluding carboxylic acids is 4. The number of fused-ring (bicyclic) bond motifs is 3. The zero-order chi connectivity index (χ0) is 24.3. The van der Waals surface area contributed by atoms with Crippen molar-refractivity contribution in [2.75, 3.05) is 13.2 Å². The van der Waals surface area contributed by atoms with Crippen LogP contribution in [0.1, 0.15) is 68.5 Å². The molecule has 3 unspecified atom stereocenters. The van der Waals surface area contributed by atoms with E-state index in [-0.39, 0.29) is 60.9 Å². The minimum Gasteiger partial charge on any atom is -0.465 e. The van der Waals surface area contributed by atoms with Gasteiger partial charge in [0, 0.05) is 24.2 Å². The molecule has 1 heterocycles. The van der Waals surface area contributed by atoms with Crippen molar-refractivity contribution in [3.05, 3.63) is 34.5 Å². The first-order valence-corrected chi connectivity index (χ1v) is 13.1. The first kappa shape index (κ1) is 23.5. The molecule has 1 spiro atoms. The van der Waals surface area contributed by atoms with Crippen molar-refractivity contribution < 1.29 is 28.7 Å². The Kier molecular flexibility index (Phi) is 5.62. The summed E-state index contributed by atoms with van der Waals surface area (Å²) < 4.78 is 11.5. The fourth-order valence-electron chi connectivity index (χ4n) is 7.90. The smallest absolute Gasteiger partial charge is 0.348 e. The summed E-state index contributed by atoms with van der Waals surface area (Å²) in [7, 11) is 0. The van der Waals surface area contributed by atoms with Crippen LogP contribution in [0.15, 0.2) is 29.7 Å². The number of carbonyl (C=O) groups is 4. The van der Waals surface area contributed by atoms with Gasteiger partial charge in [0.05, 0.1) is 18.6 Å². The minimum atomic E-state index is -1.03. The summed E-state index contributed by atoms with van der Waals surface area (Å²) in [5, 5.41) is 1.84. The molecule has 5 saturated carbocycles. The molecule has 0 saturated heterocycles. The average molecular weight is 485 g/mol. The number of Topliss-reactive ketones (excluding diaryl/α,β-unsaturated/α-hetero) is 2. The summed E-state index contributed by atoms with van der Waals surface area (Å²) in [5.41, 5.74) is -1.37. The third kappa shape index (κ3) is 3.26. The van der Waals surface area contributed by atoms with Gasteiger partial charge in [-0.3, -0.25) is 14.4 Å². The number of esters is 2. The molecular formula is C27H32O6S. The van der Waals surface area contributed by atoms with E-state index in [1.807, 2.05) is 11.4 Å². The fraction of sp³-hybridized carbons (Fsp3) is 0.630. The number of hydrogen-bond donors (Lipinski definition) is 0. The maximum atomic E-state index is 13.8. The van der Waals surface area contributed by atoms with Crippen LogP contribution in [0.3, 0.4) is 0 Å². The molecule has 6 rings (SSSR count). The van der Waals surface area contributed by atoms with Crippen LogP contribution in [-0.2, 0) is 23.9 Å². The van der Waals surface area contributed by atoms with Gasteiger partial charge in [-0.25, -0.2) is 4.79 Å². The molecule has 5 fully saturated rings. The molecule has 0 radical (unpaired) electrons. The number of rotatable bonds is 5. The predicted molar refractivity (Wildman–Crippen MR) is 126 cm³/mol. The molecule has 0 amide bonds. The van der Waals surface area contributed by atoms with E-state index in [1.165, 1.54) is 18.3 Å². The van der Waals surface area contributed by atoms with Gasteiger partial charge in [-0.05, 0) is 66.9 Å². The van der Waals surface area contributed by atoms with E-state index in [4.69, 9.17) is 9.47 Å². The lowest BCUT2D eigenvalue weighted by atomic mass is 9.36. The molecule has 5 aliphatic rings. The van der Waals surface area contributed by atoms with Gasteiger partial charge >= 0.3 is 11.9 Å². The van der Waals surface area contributed by atoms with Gasteiger partial charge in [-0.2, -0.15) is 0 Å². The van der Waals surface area contributed by atoms with Gasteiger partial charge in [-0.15, -0.1) is 11.3 Å². The molecule has 34 heavy (non-hydrogen) atoms. The highest BCUT2D eigenvalue weighted by Gasteiger charge is 2.72. The van der Waals surface area contributed by atoms with Crippen LogP contribution in [0, 0.1) is 34.0 Å². The van der Waals surface area contributed by atoms with Gasteiger partial charge in [-0.1, -0.05) is 26.0 Å². The highest BCUT2D eigenvalue weighted by Crippen LogP contribution is 2.70. The molecule has 7 heteroatoms. The number of ether oxygens (including phenoxy) is 2. The van der Waals surface area contributed by atoms with Crippen LogP contribution < -0.4 is 0 Å². The average Bonchev–Trinajstić information content (AvgIpc) is 3.36. The van der Waals surface area contributed by atoms with Crippen molar-refractivity contribution in [1.82, 2.24) is 0 Å². The van der Waals surface area contributed by atoms with Crippen molar-refractivity contribution in [3.63, 3.8) is 0 Å². The Morgan fingerprint density at radius 1 is 1.15 bits per heavy atom. The van der Waals surface area contributed by atoms with Crippen LogP contribution in [-0.4, -0.2) is 36.7 Å². The molecule has 6 nitrogen and oxygen atoms in total. The second-order valence-electron chi connectivity index (χ2n) is 11.1. The largest absolute Gasteiger partial charge is 0.465 e. The van der Waals surface area contributed by atoms with Crippen LogP contribution in [0.2, 0.25) is 0 Å². The Morgan fingerprint density at radius 3 is 2.65 bits per heavy atom. The number of allylic oxidation sites excluding steroid dienone is 1. The van der Waals surface area contributed by atoms with E-state index in [0.717, 1.165) is 32.1 Å². The first-order chi connectivity index (χ1) is 16.1. The Morgan fingerprint density at radius 2 is 1.94 bits per heavy atom. The van der Waals surface area contributed by atoms with E-state index in [0.29, 0.717) is 16.9 Å². The number of ketones is 2. The van der Waals surface area contributed by atoms with Crippen molar-refractivity contribution in [1.29, 1.82) is 0 Å². The third-order valence-electron chi connectivity index (χ3n) is 9.50. The molecule has 6 atom stereocenters. The minimum absolute atomic E-state index is 0.00274. The molecular weight excluding hydrogens is 452 g/mol. The molecule has 182 valence electrons. The Labute approximate surface area is 204 Å². The topological polar surface area (TPSA) is 86.7 Å². The molecule has 1 aromatic rings. The highest BCUT2D eigenvalue weighted by atomic mass is 32.1. The first-order valence-electron chi connectivity index (χ1n) is 12.2. The Bertz CT molecular complexity index is 1060. The molecule has 0 aliphatic heterocycles. The summed E-state index contributed by atoms with van der Waals surface area (Å²) in [6.07, 6.45) is 4.84. The van der Waals surface area contributed by atoms with Gasteiger partial charge in [0.15, 0.2) is 5.78 Å². The number of hydrogen-bond acceptors (Lipinski definition) is 7. The second kappa shape index (κ2) is 8.14. The normalized spacial score (nSPS) is 38.8. The maximum Gasteiger partial charge on any atom is 0.348 e. The third-order valence-corrected chi connectivity index (χ3v) is 10.3. The molecule has 2 bridgehead atoms. The van der Waals surface area contributed by atoms with E-state index >= 15 is 0 Å². The lowest BCUT2D eigenvalue weighted by molar-refractivity contribution is -0.205.